The summed E-state index contributed by atoms with van der Waals surface area (Å²) in [5.74, 6) is 0.625. The Balaban J connectivity index is 2.27. The number of hydrogen-bond acceptors (Lipinski definition) is 4. The average Bonchev–Trinajstić information content (AvgIpc) is 2.33. The highest BCUT2D eigenvalue weighted by Gasteiger charge is 2.03. The van der Waals surface area contributed by atoms with Gasteiger partial charge in [0.15, 0.2) is 0 Å². The van der Waals surface area contributed by atoms with Crippen LogP contribution in [0.1, 0.15) is 5.56 Å². The SMILES string of the molecule is COc1cc(F)cc(Nc2cc(N)c(C)cn2)c1. The molecule has 18 heavy (non-hydrogen) atoms. The Labute approximate surface area is 105 Å². The largest absolute Gasteiger partial charge is 0.497 e. The molecule has 0 atom stereocenters. The summed E-state index contributed by atoms with van der Waals surface area (Å²) in [5.41, 5.74) is 7.87. The molecule has 1 aromatic heterocycles. The predicted octanol–water partition coefficient (Wildman–Crippen LogP) is 2.86. The van der Waals surface area contributed by atoms with Gasteiger partial charge < -0.3 is 15.8 Å². The van der Waals surface area contributed by atoms with Crippen molar-refractivity contribution in [3.63, 3.8) is 0 Å². The van der Waals surface area contributed by atoms with Crippen LogP contribution in [0.15, 0.2) is 30.5 Å². The van der Waals surface area contributed by atoms with E-state index >= 15 is 0 Å². The van der Waals surface area contributed by atoms with Crippen LogP contribution in [0.25, 0.3) is 0 Å². The Morgan fingerprint density at radius 3 is 2.72 bits per heavy atom. The van der Waals surface area contributed by atoms with E-state index in [4.69, 9.17) is 10.5 Å². The molecule has 1 heterocycles. The number of benzene rings is 1. The van der Waals surface area contributed by atoms with Crippen LogP contribution in [0.5, 0.6) is 5.75 Å². The van der Waals surface area contributed by atoms with E-state index in [1.165, 1.54) is 19.2 Å². The molecule has 0 unspecified atom stereocenters. The molecule has 5 heteroatoms. The molecule has 94 valence electrons. The molecule has 0 fully saturated rings. The van der Waals surface area contributed by atoms with Gasteiger partial charge in [0, 0.05) is 35.8 Å². The zero-order valence-corrected chi connectivity index (χ0v) is 10.2. The highest BCUT2D eigenvalue weighted by Crippen LogP contribution is 2.23. The van der Waals surface area contributed by atoms with Crippen LogP contribution >= 0.6 is 0 Å². The molecule has 0 aliphatic rings. The summed E-state index contributed by atoms with van der Waals surface area (Å²) in [4.78, 5) is 4.17. The molecule has 0 amide bonds. The van der Waals surface area contributed by atoms with Crippen LogP contribution in [0.4, 0.5) is 21.6 Å². The summed E-state index contributed by atoms with van der Waals surface area (Å²) in [7, 11) is 1.49. The third kappa shape index (κ3) is 2.68. The number of aromatic nitrogens is 1. The maximum Gasteiger partial charge on any atom is 0.132 e. The van der Waals surface area contributed by atoms with Crippen molar-refractivity contribution in [3.05, 3.63) is 41.8 Å². The molecular weight excluding hydrogens is 233 g/mol. The number of nitrogens with two attached hydrogens (primary N) is 1. The van der Waals surface area contributed by atoms with E-state index in [2.05, 4.69) is 10.3 Å². The summed E-state index contributed by atoms with van der Waals surface area (Å²) < 4.78 is 18.3. The predicted molar refractivity (Wildman–Crippen MR) is 69.6 cm³/mol. The fraction of sp³-hybridized carbons (Fsp3) is 0.154. The Hall–Kier alpha value is -2.30. The van der Waals surface area contributed by atoms with Crippen LogP contribution < -0.4 is 15.8 Å². The highest BCUT2D eigenvalue weighted by atomic mass is 19.1. The van der Waals surface area contributed by atoms with Gasteiger partial charge in [-0.3, -0.25) is 0 Å². The minimum absolute atomic E-state index is 0.378. The topological polar surface area (TPSA) is 60.2 Å². The fourth-order valence-electron chi connectivity index (χ4n) is 1.51. The first-order chi connectivity index (χ1) is 8.58. The van der Waals surface area contributed by atoms with Crippen LogP contribution in [-0.2, 0) is 0 Å². The van der Waals surface area contributed by atoms with E-state index < -0.39 is 0 Å². The van der Waals surface area contributed by atoms with E-state index in [9.17, 15) is 4.39 Å². The lowest BCUT2D eigenvalue weighted by molar-refractivity contribution is 0.411. The first-order valence-corrected chi connectivity index (χ1v) is 5.42. The lowest BCUT2D eigenvalue weighted by Gasteiger charge is -2.09. The number of anilines is 3. The number of nitrogens with zero attached hydrogens (tertiary/aromatic N) is 1. The van der Waals surface area contributed by atoms with E-state index in [-0.39, 0.29) is 5.82 Å². The second-order valence-corrected chi connectivity index (χ2v) is 3.93. The quantitative estimate of drug-likeness (QED) is 0.875. The van der Waals surface area contributed by atoms with Gasteiger partial charge in [0.25, 0.3) is 0 Å². The average molecular weight is 247 g/mol. The summed E-state index contributed by atoms with van der Waals surface area (Å²) in [6, 6.07) is 6.05. The van der Waals surface area contributed by atoms with Crippen molar-refractivity contribution in [3.8, 4) is 5.75 Å². The number of ether oxygens (including phenoxy) is 1. The van der Waals surface area contributed by atoms with Gasteiger partial charge in [-0.05, 0) is 18.6 Å². The Bertz CT molecular complexity index is 572. The van der Waals surface area contributed by atoms with Gasteiger partial charge in [-0.1, -0.05) is 0 Å². The molecule has 2 aromatic rings. The molecule has 0 aliphatic heterocycles. The normalized spacial score (nSPS) is 10.2. The van der Waals surface area contributed by atoms with Crippen LogP contribution in [0.2, 0.25) is 0 Å². The standard InChI is InChI=1S/C13H14FN3O/c1-8-7-16-13(6-12(8)15)17-10-3-9(14)4-11(5-10)18-2/h3-7H,1-2H3,(H3,15,16,17). The minimum Gasteiger partial charge on any atom is -0.497 e. The van der Waals surface area contributed by atoms with Crippen molar-refractivity contribution < 1.29 is 9.13 Å². The van der Waals surface area contributed by atoms with Crippen LogP contribution in [-0.4, -0.2) is 12.1 Å². The molecule has 4 nitrogen and oxygen atoms in total. The fourth-order valence-corrected chi connectivity index (χ4v) is 1.51. The van der Waals surface area contributed by atoms with Crippen molar-refractivity contribution in [1.82, 2.24) is 4.98 Å². The molecular formula is C13H14FN3O. The van der Waals surface area contributed by atoms with Crippen LogP contribution in [0.3, 0.4) is 0 Å². The van der Waals surface area contributed by atoms with Crippen molar-refractivity contribution in [2.45, 2.75) is 6.92 Å². The molecule has 0 radical (unpaired) electrons. The molecule has 0 aliphatic carbocycles. The number of pyridine rings is 1. The van der Waals surface area contributed by atoms with Crippen molar-refractivity contribution in [2.24, 2.45) is 0 Å². The lowest BCUT2D eigenvalue weighted by atomic mass is 10.2. The first kappa shape index (κ1) is 12.2. The monoisotopic (exact) mass is 247 g/mol. The number of methoxy groups -OCH3 is 1. The van der Waals surface area contributed by atoms with Gasteiger partial charge in [0.2, 0.25) is 0 Å². The van der Waals surface area contributed by atoms with Gasteiger partial charge in [-0.25, -0.2) is 9.37 Å². The number of halogens is 1. The molecule has 0 bridgehead atoms. The third-order valence-electron chi connectivity index (χ3n) is 2.52. The summed E-state index contributed by atoms with van der Waals surface area (Å²) in [6.07, 6.45) is 1.66. The van der Waals surface area contributed by atoms with E-state index in [0.29, 0.717) is 22.9 Å². The van der Waals surface area contributed by atoms with E-state index in [1.807, 2.05) is 6.92 Å². The summed E-state index contributed by atoms with van der Waals surface area (Å²) >= 11 is 0. The third-order valence-corrected chi connectivity index (χ3v) is 2.52. The smallest absolute Gasteiger partial charge is 0.132 e. The van der Waals surface area contributed by atoms with Gasteiger partial charge in [-0.15, -0.1) is 0 Å². The van der Waals surface area contributed by atoms with Crippen molar-refractivity contribution >= 4 is 17.2 Å². The molecule has 0 saturated heterocycles. The molecule has 3 N–H and O–H groups in total. The molecule has 0 spiro atoms. The molecule has 2 rings (SSSR count). The van der Waals surface area contributed by atoms with Gasteiger partial charge in [0.1, 0.15) is 17.4 Å². The van der Waals surface area contributed by atoms with Gasteiger partial charge in [0.05, 0.1) is 7.11 Å². The Morgan fingerprint density at radius 1 is 1.28 bits per heavy atom. The minimum atomic E-state index is -0.378. The number of aryl methyl sites for hydroxylation is 1. The highest BCUT2D eigenvalue weighted by molar-refractivity contribution is 5.62. The zero-order valence-electron chi connectivity index (χ0n) is 10.2. The van der Waals surface area contributed by atoms with Crippen molar-refractivity contribution in [2.75, 3.05) is 18.2 Å². The zero-order chi connectivity index (χ0) is 13.1. The molecule has 1 aromatic carbocycles. The van der Waals surface area contributed by atoms with Crippen LogP contribution in [0, 0.1) is 12.7 Å². The maximum absolute atomic E-state index is 13.3. The number of rotatable bonds is 3. The van der Waals surface area contributed by atoms with E-state index in [0.717, 1.165) is 5.56 Å². The first-order valence-electron chi connectivity index (χ1n) is 5.42. The lowest BCUT2D eigenvalue weighted by Crippen LogP contribution is -1.98. The second kappa shape index (κ2) is 4.91. The Kier molecular flexibility index (Phi) is 3.32. The number of nitrogen functional groups attached to an aromatic ring is 1. The molecule has 0 saturated carbocycles. The summed E-state index contributed by atoms with van der Waals surface area (Å²) in [5, 5.41) is 2.98. The number of nitrogens with one attached hydrogen (secondary N) is 1. The van der Waals surface area contributed by atoms with Gasteiger partial charge >= 0.3 is 0 Å². The van der Waals surface area contributed by atoms with Crippen molar-refractivity contribution in [1.29, 1.82) is 0 Å². The second-order valence-electron chi connectivity index (χ2n) is 3.93. The Morgan fingerprint density at radius 2 is 2.06 bits per heavy atom. The van der Waals surface area contributed by atoms with Gasteiger partial charge in [-0.2, -0.15) is 0 Å². The maximum atomic E-state index is 13.3. The number of hydrogen-bond donors (Lipinski definition) is 2. The summed E-state index contributed by atoms with van der Waals surface area (Å²) in [6.45, 7) is 1.87. The van der Waals surface area contributed by atoms with E-state index in [1.54, 1.807) is 18.3 Å².